The van der Waals surface area contributed by atoms with Gasteiger partial charge in [-0.1, -0.05) is 37.1 Å². The largest absolute Gasteiger partial charge is 0.330 e. The second kappa shape index (κ2) is 4.50. The summed E-state index contributed by atoms with van der Waals surface area (Å²) in [5.74, 6) is 0. The Kier molecular flexibility index (Phi) is 3.24. The maximum atomic E-state index is 12.9. The summed E-state index contributed by atoms with van der Waals surface area (Å²) >= 11 is 0. The molecule has 0 saturated heterocycles. The van der Waals surface area contributed by atoms with Crippen molar-refractivity contribution in [3.63, 3.8) is 0 Å². The van der Waals surface area contributed by atoms with Crippen LogP contribution in [0.1, 0.15) is 43.2 Å². The first-order valence-electron chi connectivity index (χ1n) is 5.77. The van der Waals surface area contributed by atoms with Crippen LogP contribution in [-0.4, -0.2) is 6.54 Å². The average Bonchev–Trinajstić information content (AvgIpc) is 2.78. The minimum Gasteiger partial charge on any atom is -0.330 e. The van der Waals surface area contributed by atoms with Crippen molar-refractivity contribution >= 4 is 0 Å². The lowest BCUT2D eigenvalue weighted by Crippen LogP contribution is -2.33. The highest BCUT2D eigenvalue weighted by Gasteiger charge is 2.36. The second-order valence-electron chi connectivity index (χ2n) is 4.58. The molecule has 88 valence electrons. The van der Waals surface area contributed by atoms with Gasteiger partial charge in [-0.15, -0.1) is 0 Å². The van der Waals surface area contributed by atoms with Crippen molar-refractivity contribution in [2.75, 3.05) is 6.54 Å². The summed E-state index contributed by atoms with van der Waals surface area (Å²) in [6.07, 6.45) is 1.66. The van der Waals surface area contributed by atoms with Crippen LogP contribution in [-0.2, 0) is 5.41 Å². The maximum Gasteiger partial charge on any atom is 0.264 e. The first-order valence-corrected chi connectivity index (χ1v) is 5.77. The van der Waals surface area contributed by atoms with Gasteiger partial charge in [0.25, 0.3) is 6.43 Å². The maximum absolute atomic E-state index is 12.9. The lowest BCUT2D eigenvalue weighted by molar-refractivity contribution is 0.148. The molecule has 0 bridgehead atoms. The van der Waals surface area contributed by atoms with E-state index < -0.39 is 6.43 Å². The van der Waals surface area contributed by atoms with E-state index in [1.807, 2.05) is 12.1 Å². The number of rotatable bonds is 3. The molecule has 2 rings (SSSR count). The molecular weight excluding hydrogens is 208 g/mol. The zero-order valence-corrected chi connectivity index (χ0v) is 9.26. The highest BCUT2D eigenvalue weighted by molar-refractivity contribution is 5.36. The van der Waals surface area contributed by atoms with Crippen LogP contribution in [0, 0.1) is 0 Å². The van der Waals surface area contributed by atoms with E-state index in [2.05, 4.69) is 0 Å². The van der Waals surface area contributed by atoms with Gasteiger partial charge in [0.2, 0.25) is 0 Å². The Hall–Kier alpha value is -0.960. The standard InChI is InChI=1S/C13H17F2N/c14-12(15)10-5-1-2-6-11(10)13(9-16)7-3-4-8-13/h1-2,5-6,12H,3-4,7-9,16H2. The van der Waals surface area contributed by atoms with Crippen molar-refractivity contribution < 1.29 is 8.78 Å². The van der Waals surface area contributed by atoms with Gasteiger partial charge in [0.15, 0.2) is 0 Å². The lowest BCUT2D eigenvalue weighted by Gasteiger charge is -2.30. The number of nitrogens with two attached hydrogens (primary N) is 1. The van der Waals surface area contributed by atoms with E-state index in [4.69, 9.17) is 5.73 Å². The third kappa shape index (κ3) is 1.84. The van der Waals surface area contributed by atoms with Gasteiger partial charge in [0.05, 0.1) is 0 Å². The van der Waals surface area contributed by atoms with E-state index in [1.165, 1.54) is 6.07 Å². The van der Waals surface area contributed by atoms with E-state index in [9.17, 15) is 8.78 Å². The fourth-order valence-corrected chi connectivity index (χ4v) is 2.81. The van der Waals surface area contributed by atoms with Crippen LogP contribution in [0.25, 0.3) is 0 Å². The second-order valence-corrected chi connectivity index (χ2v) is 4.58. The molecule has 0 radical (unpaired) electrons. The number of hydrogen-bond acceptors (Lipinski definition) is 1. The predicted molar refractivity (Wildman–Crippen MR) is 60.6 cm³/mol. The molecule has 0 heterocycles. The average molecular weight is 225 g/mol. The summed E-state index contributed by atoms with van der Waals surface area (Å²) in [5.41, 5.74) is 6.55. The monoisotopic (exact) mass is 225 g/mol. The van der Waals surface area contributed by atoms with Crippen LogP contribution in [0.15, 0.2) is 24.3 Å². The summed E-state index contributed by atoms with van der Waals surface area (Å²) in [4.78, 5) is 0. The number of alkyl halides is 2. The van der Waals surface area contributed by atoms with E-state index in [0.29, 0.717) is 6.54 Å². The molecule has 0 atom stereocenters. The highest BCUT2D eigenvalue weighted by atomic mass is 19.3. The van der Waals surface area contributed by atoms with Gasteiger partial charge in [0, 0.05) is 17.5 Å². The molecule has 1 aromatic rings. The molecule has 1 nitrogen and oxygen atoms in total. The Balaban J connectivity index is 2.45. The lowest BCUT2D eigenvalue weighted by atomic mass is 9.77. The van der Waals surface area contributed by atoms with Gasteiger partial charge < -0.3 is 5.73 Å². The summed E-state index contributed by atoms with van der Waals surface area (Å²) < 4.78 is 25.9. The molecule has 0 amide bonds. The molecule has 1 aliphatic carbocycles. The topological polar surface area (TPSA) is 26.0 Å². The molecule has 1 aromatic carbocycles. The van der Waals surface area contributed by atoms with Gasteiger partial charge >= 0.3 is 0 Å². The van der Waals surface area contributed by atoms with Gasteiger partial charge in [-0.05, 0) is 18.4 Å². The van der Waals surface area contributed by atoms with Crippen molar-refractivity contribution in [1.82, 2.24) is 0 Å². The molecule has 2 N–H and O–H groups in total. The van der Waals surface area contributed by atoms with Crippen molar-refractivity contribution in [2.45, 2.75) is 37.5 Å². The molecule has 3 heteroatoms. The summed E-state index contributed by atoms with van der Waals surface area (Å²) in [6.45, 7) is 0.469. The first-order chi connectivity index (χ1) is 7.69. The van der Waals surface area contributed by atoms with Crippen molar-refractivity contribution in [2.24, 2.45) is 5.73 Å². The smallest absolute Gasteiger partial charge is 0.264 e. The van der Waals surface area contributed by atoms with Crippen LogP contribution >= 0.6 is 0 Å². The predicted octanol–water partition coefficient (Wildman–Crippen LogP) is 3.39. The van der Waals surface area contributed by atoms with Crippen molar-refractivity contribution in [1.29, 1.82) is 0 Å². The fraction of sp³-hybridized carbons (Fsp3) is 0.538. The summed E-state index contributed by atoms with van der Waals surface area (Å²) in [7, 11) is 0. The zero-order valence-electron chi connectivity index (χ0n) is 9.26. The normalized spacial score (nSPS) is 19.2. The molecule has 1 aliphatic rings. The molecule has 0 unspecified atom stereocenters. The SMILES string of the molecule is NCC1(c2ccccc2C(F)F)CCCC1. The van der Waals surface area contributed by atoms with Gasteiger partial charge in [0.1, 0.15) is 0 Å². The molecule has 0 spiro atoms. The number of hydrogen-bond donors (Lipinski definition) is 1. The van der Waals surface area contributed by atoms with Crippen molar-refractivity contribution in [3.05, 3.63) is 35.4 Å². The van der Waals surface area contributed by atoms with Crippen molar-refractivity contribution in [3.8, 4) is 0 Å². The Morgan fingerprint density at radius 1 is 1.19 bits per heavy atom. The van der Waals surface area contributed by atoms with Gasteiger partial charge in [-0.3, -0.25) is 0 Å². The highest BCUT2D eigenvalue weighted by Crippen LogP contribution is 2.43. The number of halogens is 2. The Morgan fingerprint density at radius 3 is 2.38 bits per heavy atom. The Bertz CT molecular complexity index is 357. The van der Waals surface area contributed by atoms with E-state index in [1.54, 1.807) is 6.07 Å². The molecule has 1 fully saturated rings. The minimum atomic E-state index is -2.40. The van der Waals surface area contributed by atoms with E-state index in [0.717, 1.165) is 31.2 Å². The quantitative estimate of drug-likeness (QED) is 0.838. The summed E-state index contributed by atoms with van der Waals surface area (Å²) in [5, 5.41) is 0. The molecule has 0 aliphatic heterocycles. The van der Waals surface area contributed by atoms with Crippen LogP contribution < -0.4 is 5.73 Å². The Labute approximate surface area is 94.7 Å². The van der Waals surface area contributed by atoms with Crippen LogP contribution in [0.3, 0.4) is 0 Å². The van der Waals surface area contributed by atoms with E-state index >= 15 is 0 Å². The molecule has 16 heavy (non-hydrogen) atoms. The van der Waals surface area contributed by atoms with Crippen LogP contribution in [0.2, 0.25) is 0 Å². The van der Waals surface area contributed by atoms with Crippen LogP contribution in [0.4, 0.5) is 8.78 Å². The number of benzene rings is 1. The zero-order chi connectivity index (χ0) is 11.6. The summed E-state index contributed by atoms with van der Waals surface area (Å²) in [6, 6.07) is 6.84. The molecule has 0 aromatic heterocycles. The fourth-order valence-electron chi connectivity index (χ4n) is 2.81. The molecule has 1 saturated carbocycles. The van der Waals surface area contributed by atoms with Crippen LogP contribution in [0.5, 0.6) is 0 Å². The third-order valence-electron chi connectivity index (χ3n) is 3.72. The minimum absolute atomic E-state index is 0.162. The van der Waals surface area contributed by atoms with Gasteiger partial charge in [-0.25, -0.2) is 8.78 Å². The molecular formula is C13H17F2N. The van der Waals surface area contributed by atoms with Gasteiger partial charge in [-0.2, -0.15) is 0 Å². The Morgan fingerprint density at radius 2 is 1.81 bits per heavy atom. The van der Waals surface area contributed by atoms with E-state index in [-0.39, 0.29) is 11.0 Å². The third-order valence-corrected chi connectivity index (χ3v) is 3.72. The first kappa shape index (κ1) is 11.5.